The van der Waals surface area contributed by atoms with Gasteiger partial charge in [0.05, 0.1) is 0 Å². The van der Waals surface area contributed by atoms with Crippen molar-refractivity contribution in [1.29, 1.82) is 0 Å². The lowest BCUT2D eigenvalue weighted by Gasteiger charge is -2.20. The minimum Gasteiger partial charge on any atom is -0.303 e. The molecule has 0 aromatic rings. The quantitative estimate of drug-likeness (QED) is 0.186. The highest BCUT2D eigenvalue weighted by molar-refractivity contribution is 5.48. The molecule has 23 heavy (non-hydrogen) atoms. The van der Waals surface area contributed by atoms with Crippen LogP contribution in [0.3, 0.4) is 0 Å². The zero-order chi connectivity index (χ0) is 17.2. The van der Waals surface area contributed by atoms with Gasteiger partial charge in [-0.1, -0.05) is 111 Å². The molecule has 0 heterocycles. The van der Waals surface area contributed by atoms with Crippen LogP contribution in [0.15, 0.2) is 0 Å². The second-order valence-electron chi connectivity index (χ2n) is 7.78. The first kappa shape index (κ1) is 22.7. The van der Waals surface area contributed by atoms with Crippen molar-refractivity contribution in [1.82, 2.24) is 0 Å². The van der Waals surface area contributed by atoms with Crippen molar-refractivity contribution >= 4 is 6.29 Å². The van der Waals surface area contributed by atoms with Gasteiger partial charge in [-0.25, -0.2) is 0 Å². The monoisotopic (exact) mass is 324 g/mol. The Morgan fingerprint density at radius 2 is 1.09 bits per heavy atom. The zero-order valence-electron chi connectivity index (χ0n) is 16.5. The molecule has 0 bridgehead atoms. The van der Waals surface area contributed by atoms with E-state index in [9.17, 15) is 4.79 Å². The average Bonchev–Trinajstić information content (AvgIpc) is 2.54. The smallest absolute Gasteiger partial charge is 0.119 e. The fourth-order valence-corrected chi connectivity index (χ4v) is 3.52. The third-order valence-electron chi connectivity index (χ3n) is 5.27. The number of hydrogen-bond donors (Lipinski definition) is 0. The molecule has 0 spiro atoms. The molecule has 0 saturated carbocycles. The van der Waals surface area contributed by atoms with Crippen molar-refractivity contribution in [2.75, 3.05) is 0 Å². The molecule has 138 valence electrons. The summed E-state index contributed by atoms with van der Waals surface area (Å²) in [5.74, 6) is 1.79. The highest BCUT2D eigenvalue weighted by atomic mass is 16.1. The molecule has 0 saturated heterocycles. The molecule has 0 aliphatic carbocycles. The van der Waals surface area contributed by atoms with E-state index in [0.717, 1.165) is 31.0 Å². The summed E-state index contributed by atoms with van der Waals surface area (Å²) in [7, 11) is 0. The summed E-state index contributed by atoms with van der Waals surface area (Å²) >= 11 is 0. The molecule has 1 heteroatoms. The summed E-state index contributed by atoms with van der Waals surface area (Å²) in [6.45, 7) is 7.11. The molecule has 0 aliphatic heterocycles. The van der Waals surface area contributed by atoms with E-state index < -0.39 is 0 Å². The molecule has 0 amide bonds. The first-order chi connectivity index (χ1) is 11.2. The summed E-state index contributed by atoms with van der Waals surface area (Å²) in [5.41, 5.74) is 0. The van der Waals surface area contributed by atoms with Gasteiger partial charge in [0.15, 0.2) is 0 Å². The highest BCUT2D eigenvalue weighted by Crippen LogP contribution is 2.25. The van der Waals surface area contributed by atoms with Gasteiger partial charge in [-0.3, -0.25) is 0 Å². The van der Waals surface area contributed by atoms with E-state index in [1.165, 1.54) is 89.9 Å². The molecule has 1 nitrogen and oxygen atoms in total. The standard InChI is InChI=1S/C22H44O/c1-4-5-6-7-9-12-15-18-22(21(2)3)19-16-13-10-8-11-14-17-20-23/h20-22H,4-19H2,1-3H3. The third-order valence-corrected chi connectivity index (χ3v) is 5.27. The maximum Gasteiger partial charge on any atom is 0.119 e. The van der Waals surface area contributed by atoms with Crippen molar-refractivity contribution in [3.63, 3.8) is 0 Å². The number of rotatable bonds is 18. The van der Waals surface area contributed by atoms with Gasteiger partial charge >= 0.3 is 0 Å². The molecular weight excluding hydrogens is 280 g/mol. The Balaban J connectivity index is 3.49. The van der Waals surface area contributed by atoms with E-state index in [4.69, 9.17) is 0 Å². The molecule has 0 aliphatic rings. The van der Waals surface area contributed by atoms with Crippen LogP contribution >= 0.6 is 0 Å². The largest absolute Gasteiger partial charge is 0.303 e. The van der Waals surface area contributed by atoms with Crippen LogP contribution in [-0.4, -0.2) is 6.29 Å². The molecule has 0 rings (SSSR count). The van der Waals surface area contributed by atoms with Crippen LogP contribution in [0, 0.1) is 11.8 Å². The first-order valence-corrected chi connectivity index (χ1v) is 10.7. The molecule has 0 aromatic carbocycles. The van der Waals surface area contributed by atoms with E-state index in [1.54, 1.807) is 0 Å². The number of carbonyl (C=O) groups excluding carboxylic acids is 1. The second kappa shape index (κ2) is 18.0. The lowest BCUT2D eigenvalue weighted by Crippen LogP contribution is -2.08. The molecule has 0 fully saturated rings. The van der Waals surface area contributed by atoms with Crippen LogP contribution in [-0.2, 0) is 4.79 Å². The highest BCUT2D eigenvalue weighted by Gasteiger charge is 2.12. The Hall–Kier alpha value is -0.330. The van der Waals surface area contributed by atoms with Crippen molar-refractivity contribution in [3.05, 3.63) is 0 Å². The number of aldehydes is 1. The summed E-state index contributed by atoms with van der Waals surface area (Å²) in [5, 5.41) is 0. The first-order valence-electron chi connectivity index (χ1n) is 10.7. The average molecular weight is 325 g/mol. The van der Waals surface area contributed by atoms with Crippen molar-refractivity contribution in [2.45, 2.75) is 124 Å². The maximum atomic E-state index is 10.3. The van der Waals surface area contributed by atoms with Crippen LogP contribution in [0.5, 0.6) is 0 Å². The Morgan fingerprint density at radius 3 is 1.52 bits per heavy atom. The van der Waals surface area contributed by atoms with E-state index in [2.05, 4.69) is 20.8 Å². The number of carbonyl (C=O) groups is 1. The number of hydrogen-bond acceptors (Lipinski definition) is 1. The molecule has 1 atom stereocenters. The Bertz CT molecular complexity index is 234. The van der Waals surface area contributed by atoms with E-state index in [-0.39, 0.29) is 0 Å². The zero-order valence-corrected chi connectivity index (χ0v) is 16.5. The lowest BCUT2D eigenvalue weighted by atomic mass is 9.85. The summed E-state index contributed by atoms with van der Waals surface area (Å²) in [6.07, 6.45) is 22.5. The van der Waals surface area contributed by atoms with E-state index in [0.29, 0.717) is 0 Å². The minimum atomic E-state index is 0.758. The normalized spacial score (nSPS) is 12.7. The van der Waals surface area contributed by atoms with Crippen LogP contribution in [0.4, 0.5) is 0 Å². The molecule has 0 radical (unpaired) electrons. The molecule has 1 unspecified atom stereocenters. The SMILES string of the molecule is CCCCCCCCCC(CCCCCCCCC=O)C(C)C. The van der Waals surface area contributed by atoms with Gasteiger partial charge in [-0.05, 0) is 18.3 Å². The summed E-state index contributed by atoms with van der Waals surface area (Å²) < 4.78 is 0. The van der Waals surface area contributed by atoms with Crippen molar-refractivity contribution < 1.29 is 4.79 Å². The summed E-state index contributed by atoms with van der Waals surface area (Å²) in [6, 6.07) is 0. The van der Waals surface area contributed by atoms with Crippen LogP contribution in [0.1, 0.15) is 124 Å². The summed E-state index contributed by atoms with van der Waals surface area (Å²) in [4.78, 5) is 10.3. The maximum absolute atomic E-state index is 10.3. The van der Waals surface area contributed by atoms with Gasteiger partial charge in [0.1, 0.15) is 6.29 Å². The van der Waals surface area contributed by atoms with Crippen LogP contribution < -0.4 is 0 Å². The lowest BCUT2D eigenvalue weighted by molar-refractivity contribution is -0.107. The van der Waals surface area contributed by atoms with Gasteiger partial charge in [0.25, 0.3) is 0 Å². The van der Waals surface area contributed by atoms with Gasteiger partial charge in [-0.2, -0.15) is 0 Å². The topological polar surface area (TPSA) is 17.1 Å². The predicted octanol–water partition coefficient (Wildman–Crippen LogP) is 7.72. The van der Waals surface area contributed by atoms with E-state index in [1.807, 2.05) is 0 Å². The fraction of sp³-hybridized carbons (Fsp3) is 0.955. The fourth-order valence-electron chi connectivity index (χ4n) is 3.52. The predicted molar refractivity (Wildman–Crippen MR) is 104 cm³/mol. The molecule has 0 N–H and O–H groups in total. The third kappa shape index (κ3) is 16.3. The van der Waals surface area contributed by atoms with Gasteiger partial charge in [0, 0.05) is 6.42 Å². The van der Waals surface area contributed by atoms with Crippen LogP contribution in [0.25, 0.3) is 0 Å². The Labute approximate surface area is 147 Å². The van der Waals surface area contributed by atoms with Crippen molar-refractivity contribution in [2.24, 2.45) is 11.8 Å². The Morgan fingerprint density at radius 1 is 0.652 bits per heavy atom. The van der Waals surface area contributed by atoms with E-state index >= 15 is 0 Å². The van der Waals surface area contributed by atoms with Gasteiger partial charge in [-0.15, -0.1) is 0 Å². The van der Waals surface area contributed by atoms with Gasteiger partial charge < -0.3 is 4.79 Å². The van der Waals surface area contributed by atoms with Crippen molar-refractivity contribution in [3.8, 4) is 0 Å². The molecular formula is C22H44O. The second-order valence-corrected chi connectivity index (χ2v) is 7.78. The Kier molecular flexibility index (Phi) is 17.8. The number of unbranched alkanes of at least 4 members (excludes halogenated alkanes) is 12. The van der Waals surface area contributed by atoms with Gasteiger partial charge in [0.2, 0.25) is 0 Å². The minimum absolute atomic E-state index is 0.758. The van der Waals surface area contributed by atoms with Crippen LogP contribution in [0.2, 0.25) is 0 Å². The molecule has 0 aromatic heterocycles.